The predicted octanol–water partition coefficient (Wildman–Crippen LogP) is 1.31. The molecule has 1 heterocycles. The molecule has 1 fully saturated rings. The Morgan fingerprint density at radius 2 is 2.00 bits per heavy atom. The maximum Gasteiger partial charge on any atom is 0.307 e. The summed E-state index contributed by atoms with van der Waals surface area (Å²) in [4.78, 5) is 23.6. The number of carbonyl (C=O) groups is 2. The number of allylic oxidation sites excluding steroid dienone is 2. The molecule has 6 nitrogen and oxygen atoms in total. The molecule has 2 aliphatic rings. The van der Waals surface area contributed by atoms with E-state index in [0.717, 1.165) is 11.4 Å². The van der Waals surface area contributed by atoms with Crippen LogP contribution in [-0.2, 0) is 9.59 Å². The first-order chi connectivity index (χ1) is 9.06. The van der Waals surface area contributed by atoms with E-state index in [1.165, 1.54) is 11.3 Å². The second kappa shape index (κ2) is 4.41. The molecule has 2 aliphatic carbocycles. The second-order valence-electron chi connectivity index (χ2n) is 4.95. The van der Waals surface area contributed by atoms with Gasteiger partial charge in [0.25, 0.3) is 0 Å². The van der Waals surface area contributed by atoms with E-state index in [4.69, 9.17) is 0 Å². The maximum absolute atomic E-state index is 12.3. The fourth-order valence-corrected chi connectivity index (χ4v) is 3.65. The van der Waals surface area contributed by atoms with Gasteiger partial charge in [-0.3, -0.25) is 9.59 Å². The van der Waals surface area contributed by atoms with Crippen LogP contribution in [0.2, 0.25) is 0 Å². The average molecular weight is 279 g/mol. The number of aryl methyl sites for hydroxylation is 1. The third-order valence-electron chi connectivity index (χ3n) is 3.80. The molecule has 1 saturated carbocycles. The van der Waals surface area contributed by atoms with E-state index in [1.54, 1.807) is 6.92 Å². The van der Waals surface area contributed by atoms with Gasteiger partial charge in [0.05, 0.1) is 11.8 Å². The van der Waals surface area contributed by atoms with Gasteiger partial charge in [0.1, 0.15) is 5.01 Å². The summed E-state index contributed by atoms with van der Waals surface area (Å²) in [5.74, 6) is -2.28. The minimum absolute atomic E-state index is 0.0191. The lowest BCUT2D eigenvalue weighted by Crippen LogP contribution is -2.36. The van der Waals surface area contributed by atoms with E-state index in [9.17, 15) is 14.7 Å². The van der Waals surface area contributed by atoms with E-state index in [0.29, 0.717) is 5.13 Å². The summed E-state index contributed by atoms with van der Waals surface area (Å²) >= 11 is 1.28. The average Bonchev–Trinajstić information content (AvgIpc) is 3.03. The Bertz CT molecular complexity index is 568. The first-order valence-electron chi connectivity index (χ1n) is 6.08. The highest BCUT2D eigenvalue weighted by molar-refractivity contribution is 7.15. The zero-order valence-corrected chi connectivity index (χ0v) is 11.1. The topological polar surface area (TPSA) is 92.2 Å². The van der Waals surface area contributed by atoms with Crippen molar-refractivity contribution in [2.45, 2.75) is 13.3 Å². The highest BCUT2D eigenvalue weighted by atomic mass is 32.1. The third-order valence-corrected chi connectivity index (χ3v) is 4.56. The van der Waals surface area contributed by atoms with Crippen LogP contribution in [0.15, 0.2) is 12.2 Å². The van der Waals surface area contributed by atoms with Crippen LogP contribution < -0.4 is 5.32 Å². The number of hydrogen-bond acceptors (Lipinski definition) is 5. The molecule has 1 aromatic heterocycles. The first-order valence-corrected chi connectivity index (χ1v) is 6.90. The predicted molar refractivity (Wildman–Crippen MR) is 68.6 cm³/mol. The largest absolute Gasteiger partial charge is 0.481 e. The summed E-state index contributed by atoms with van der Waals surface area (Å²) in [5.41, 5.74) is 0. The number of hydrogen-bond donors (Lipinski definition) is 2. The number of carboxylic acid groups (broad SMARTS) is 1. The van der Waals surface area contributed by atoms with Crippen molar-refractivity contribution < 1.29 is 14.7 Å². The lowest BCUT2D eigenvalue weighted by atomic mass is 9.82. The molecule has 7 heteroatoms. The number of nitrogens with zero attached hydrogens (tertiary/aromatic N) is 2. The summed E-state index contributed by atoms with van der Waals surface area (Å²) in [5, 5.41) is 20.8. The molecule has 2 N–H and O–H groups in total. The molecule has 0 radical (unpaired) electrons. The van der Waals surface area contributed by atoms with Crippen LogP contribution in [0.25, 0.3) is 0 Å². The number of anilines is 1. The molecule has 0 aromatic carbocycles. The summed E-state index contributed by atoms with van der Waals surface area (Å²) in [6.45, 7) is 1.80. The van der Waals surface area contributed by atoms with Crippen LogP contribution in [0, 0.1) is 30.6 Å². The van der Waals surface area contributed by atoms with Crippen LogP contribution in [0.1, 0.15) is 11.4 Å². The summed E-state index contributed by atoms with van der Waals surface area (Å²) in [6, 6.07) is 0. The van der Waals surface area contributed by atoms with Gasteiger partial charge in [-0.15, -0.1) is 10.2 Å². The molecule has 4 atom stereocenters. The molecule has 100 valence electrons. The van der Waals surface area contributed by atoms with Gasteiger partial charge in [-0.05, 0) is 25.2 Å². The van der Waals surface area contributed by atoms with E-state index in [1.807, 2.05) is 12.2 Å². The van der Waals surface area contributed by atoms with Crippen molar-refractivity contribution in [3.63, 3.8) is 0 Å². The smallest absolute Gasteiger partial charge is 0.307 e. The first kappa shape index (κ1) is 12.3. The van der Waals surface area contributed by atoms with Crippen molar-refractivity contribution in [2.75, 3.05) is 5.32 Å². The number of nitrogens with one attached hydrogen (secondary N) is 1. The van der Waals surface area contributed by atoms with Gasteiger partial charge in [-0.25, -0.2) is 0 Å². The van der Waals surface area contributed by atoms with Gasteiger partial charge in [0, 0.05) is 0 Å². The normalized spacial score (nSPS) is 31.6. The molecule has 1 aromatic rings. The van der Waals surface area contributed by atoms with E-state index < -0.39 is 17.8 Å². The van der Waals surface area contributed by atoms with Crippen molar-refractivity contribution in [1.82, 2.24) is 10.2 Å². The molecule has 19 heavy (non-hydrogen) atoms. The molecular formula is C12H13N3O3S. The van der Waals surface area contributed by atoms with Gasteiger partial charge in [0.2, 0.25) is 11.0 Å². The summed E-state index contributed by atoms with van der Waals surface area (Å²) < 4.78 is 0. The number of aromatic nitrogens is 2. The van der Waals surface area contributed by atoms with E-state index >= 15 is 0 Å². The van der Waals surface area contributed by atoms with Crippen LogP contribution in [0.4, 0.5) is 5.13 Å². The van der Waals surface area contributed by atoms with Crippen LogP contribution in [0.5, 0.6) is 0 Å². The van der Waals surface area contributed by atoms with Crippen LogP contribution in [0.3, 0.4) is 0 Å². The van der Waals surface area contributed by atoms with Gasteiger partial charge in [0.15, 0.2) is 0 Å². The van der Waals surface area contributed by atoms with Gasteiger partial charge < -0.3 is 10.4 Å². The molecule has 2 bridgehead atoms. The Morgan fingerprint density at radius 3 is 2.58 bits per heavy atom. The van der Waals surface area contributed by atoms with Crippen LogP contribution in [-0.4, -0.2) is 27.2 Å². The second-order valence-corrected chi connectivity index (χ2v) is 6.14. The Kier molecular flexibility index (Phi) is 2.85. The Morgan fingerprint density at radius 1 is 1.32 bits per heavy atom. The number of aliphatic carboxylic acids is 1. The van der Waals surface area contributed by atoms with Gasteiger partial charge in [-0.1, -0.05) is 23.5 Å². The maximum atomic E-state index is 12.3. The summed E-state index contributed by atoms with van der Waals surface area (Å²) in [6.07, 6.45) is 4.63. The lowest BCUT2D eigenvalue weighted by molar-refractivity contribution is -0.146. The highest BCUT2D eigenvalue weighted by Crippen LogP contribution is 2.48. The van der Waals surface area contributed by atoms with Crippen molar-refractivity contribution >= 4 is 28.3 Å². The Hall–Kier alpha value is -1.76. The number of fused-ring (bicyclic) bond motifs is 2. The Labute approximate surface area is 113 Å². The molecule has 0 saturated heterocycles. The quantitative estimate of drug-likeness (QED) is 0.814. The van der Waals surface area contributed by atoms with E-state index in [-0.39, 0.29) is 17.7 Å². The SMILES string of the molecule is Cc1nnc(NC(=O)[C@H]2[C@@H](C(=O)O)[C@H]3C=C[C@H]2C3)s1. The fraction of sp³-hybridized carbons (Fsp3) is 0.500. The highest BCUT2D eigenvalue weighted by Gasteiger charge is 2.51. The molecule has 0 aliphatic heterocycles. The summed E-state index contributed by atoms with van der Waals surface area (Å²) in [7, 11) is 0. The van der Waals surface area contributed by atoms with Crippen molar-refractivity contribution in [1.29, 1.82) is 0 Å². The molecule has 0 unspecified atom stereocenters. The Balaban J connectivity index is 1.79. The monoisotopic (exact) mass is 279 g/mol. The lowest BCUT2D eigenvalue weighted by Gasteiger charge is -2.23. The molecular weight excluding hydrogens is 266 g/mol. The number of rotatable bonds is 3. The third kappa shape index (κ3) is 2.03. The van der Waals surface area contributed by atoms with E-state index in [2.05, 4.69) is 15.5 Å². The van der Waals surface area contributed by atoms with Crippen molar-refractivity contribution in [3.8, 4) is 0 Å². The minimum Gasteiger partial charge on any atom is -0.481 e. The van der Waals surface area contributed by atoms with Gasteiger partial charge >= 0.3 is 5.97 Å². The zero-order chi connectivity index (χ0) is 13.6. The molecule has 0 spiro atoms. The number of carbonyl (C=O) groups excluding carboxylic acids is 1. The number of amides is 1. The zero-order valence-electron chi connectivity index (χ0n) is 10.2. The molecule has 1 amide bonds. The van der Waals surface area contributed by atoms with Crippen LogP contribution >= 0.6 is 11.3 Å². The number of carboxylic acids is 1. The van der Waals surface area contributed by atoms with Crippen molar-refractivity contribution in [2.24, 2.45) is 23.7 Å². The van der Waals surface area contributed by atoms with Gasteiger partial charge in [-0.2, -0.15) is 0 Å². The fourth-order valence-electron chi connectivity index (χ4n) is 3.05. The minimum atomic E-state index is -0.898. The molecule has 3 rings (SSSR count). The van der Waals surface area contributed by atoms with Crippen molar-refractivity contribution in [3.05, 3.63) is 17.2 Å². The standard InChI is InChI=1S/C12H13N3O3S/c1-5-14-15-12(19-5)13-10(16)8-6-2-3-7(4-6)9(8)11(17)18/h2-3,6-9H,4H2,1H3,(H,17,18)(H,13,15,16)/t6-,7-,8+,9-/m0/s1.